The third-order valence-electron chi connectivity index (χ3n) is 5.01. The highest BCUT2D eigenvalue weighted by Crippen LogP contribution is 2.39. The molecule has 2 fully saturated rings. The zero-order valence-corrected chi connectivity index (χ0v) is 16.1. The summed E-state index contributed by atoms with van der Waals surface area (Å²) in [5, 5.41) is 3.60. The monoisotopic (exact) mass is 376 g/mol. The number of thioether (sulfide) groups is 1. The van der Waals surface area contributed by atoms with Crippen molar-refractivity contribution in [3.8, 4) is 0 Å². The van der Waals surface area contributed by atoms with Crippen molar-refractivity contribution in [2.24, 2.45) is 0 Å². The molecule has 0 spiro atoms. The molecule has 5 nitrogen and oxygen atoms in total. The maximum Gasteiger partial charge on any atom is 0.242 e. The summed E-state index contributed by atoms with van der Waals surface area (Å²) in [6.45, 7) is 2.00. The number of hydrogen-bond donors (Lipinski definition) is 0. The third kappa shape index (κ3) is 3.77. The fraction of sp³-hybridized carbons (Fsp3) is 0.611. The van der Waals surface area contributed by atoms with Gasteiger partial charge < -0.3 is 4.57 Å². The number of amides is 1. The van der Waals surface area contributed by atoms with Crippen LogP contribution >= 0.6 is 23.1 Å². The molecule has 0 N–H and O–H groups in total. The predicted octanol–water partition coefficient (Wildman–Crippen LogP) is 4.52. The van der Waals surface area contributed by atoms with Crippen molar-refractivity contribution < 1.29 is 4.79 Å². The summed E-state index contributed by atoms with van der Waals surface area (Å²) in [6.07, 6.45) is 14.0. The zero-order valence-electron chi connectivity index (χ0n) is 14.5. The highest BCUT2D eigenvalue weighted by atomic mass is 32.2. The standard InChI is InChI=1S/C18H24N4OS2/c1-13(25-17-19-9-11-21(17)14-7-8-14)16(23)22(18-20-10-12-24-18)15-5-3-2-4-6-15/h9-15H,2-8H2,1H3. The van der Waals surface area contributed by atoms with Gasteiger partial charge >= 0.3 is 0 Å². The number of aromatic nitrogens is 3. The molecule has 2 aliphatic carbocycles. The predicted molar refractivity (Wildman–Crippen MR) is 102 cm³/mol. The molecule has 0 bridgehead atoms. The summed E-state index contributed by atoms with van der Waals surface area (Å²) >= 11 is 3.14. The molecule has 2 heterocycles. The van der Waals surface area contributed by atoms with Gasteiger partial charge in [-0.05, 0) is 32.6 Å². The number of carbonyl (C=O) groups excluding carboxylic acids is 1. The molecule has 134 valence electrons. The minimum atomic E-state index is -0.161. The fourth-order valence-corrected chi connectivity index (χ4v) is 5.23. The van der Waals surface area contributed by atoms with Crippen LogP contribution in [0.2, 0.25) is 0 Å². The van der Waals surface area contributed by atoms with Gasteiger partial charge in [-0.15, -0.1) is 11.3 Å². The Hall–Kier alpha value is -1.34. The van der Waals surface area contributed by atoms with Crippen LogP contribution in [0.3, 0.4) is 0 Å². The lowest BCUT2D eigenvalue weighted by molar-refractivity contribution is -0.118. The van der Waals surface area contributed by atoms with Gasteiger partial charge in [0.25, 0.3) is 0 Å². The van der Waals surface area contributed by atoms with Gasteiger partial charge in [0.2, 0.25) is 5.91 Å². The topological polar surface area (TPSA) is 51.0 Å². The molecule has 1 atom stereocenters. The van der Waals surface area contributed by atoms with E-state index in [1.165, 1.54) is 32.1 Å². The first-order chi connectivity index (χ1) is 12.2. The molecule has 0 radical (unpaired) electrons. The number of rotatable bonds is 6. The first-order valence-corrected chi connectivity index (χ1v) is 10.9. The van der Waals surface area contributed by atoms with Gasteiger partial charge in [0, 0.05) is 36.1 Å². The lowest BCUT2D eigenvalue weighted by atomic mass is 9.94. The van der Waals surface area contributed by atoms with Gasteiger partial charge in [0.15, 0.2) is 10.3 Å². The van der Waals surface area contributed by atoms with Crippen LogP contribution in [0.4, 0.5) is 5.13 Å². The Balaban J connectivity index is 1.51. The van der Waals surface area contributed by atoms with E-state index in [2.05, 4.69) is 14.5 Å². The molecule has 2 aromatic rings. The Labute approximate surface area is 156 Å². The molecule has 0 aromatic carbocycles. The molecular weight excluding hydrogens is 352 g/mol. The fourth-order valence-electron chi connectivity index (χ4n) is 3.53. The Morgan fingerprint density at radius 3 is 2.72 bits per heavy atom. The number of hydrogen-bond acceptors (Lipinski definition) is 5. The minimum Gasteiger partial charge on any atom is -0.323 e. The van der Waals surface area contributed by atoms with Crippen LogP contribution in [0.25, 0.3) is 0 Å². The maximum absolute atomic E-state index is 13.3. The van der Waals surface area contributed by atoms with Crippen molar-refractivity contribution in [1.82, 2.24) is 14.5 Å². The Morgan fingerprint density at radius 1 is 1.24 bits per heavy atom. The van der Waals surface area contributed by atoms with E-state index in [9.17, 15) is 4.79 Å². The van der Waals surface area contributed by atoms with Crippen LogP contribution in [-0.4, -0.2) is 31.7 Å². The second-order valence-corrected chi connectivity index (χ2v) is 9.10. The summed E-state index contributed by atoms with van der Waals surface area (Å²) in [5.41, 5.74) is 0. The molecule has 4 rings (SSSR count). The number of imidazole rings is 1. The van der Waals surface area contributed by atoms with Crippen LogP contribution in [0.5, 0.6) is 0 Å². The molecule has 2 aliphatic rings. The molecular formula is C18H24N4OS2. The first kappa shape index (κ1) is 17.1. The van der Waals surface area contributed by atoms with Crippen LogP contribution in [0.15, 0.2) is 29.1 Å². The van der Waals surface area contributed by atoms with E-state index in [-0.39, 0.29) is 11.2 Å². The summed E-state index contributed by atoms with van der Waals surface area (Å²) in [5.74, 6) is 0.164. The normalized spacial score (nSPS) is 19.7. The van der Waals surface area contributed by atoms with Crippen LogP contribution < -0.4 is 4.90 Å². The second kappa shape index (κ2) is 7.50. The van der Waals surface area contributed by atoms with Crippen molar-refractivity contribution in [3.63, 3.8) is 0 Å². The number of thiazole rings is 1. The second-order valence-electron chi connectivity index (χ2n) is 6.92. The molecule has 1 amide bonds. The van der Waals surface area contributed by atoms with Gasteiger partial charge in [0.05, 0.1) is 5.25 Å². The molecule has 0 aliphatic heterocycles. The highest BCUT2D eigenvalue weighted by Gasteiger charge is 2.33. The molecule has 2 saturated carbocycles. The average molecular weight is 377 g/mol. The number of nitrogens with zero attached hydrogens (tertiary/aromatic N) is 4. The van der Waals surface area contributed by atoms with Crippen molar-refractivity contribution in [1.29, 1.82) is 0 Å². The van der Waals surface area contributed by atoms with Crippen molar-refractivity contribution in [2.45, 2.75) is 74.4 Å². The van der Waals surface area contributed by atoms with E-state index in [0.29, 0.717) is 12.1 Å². The summed E-state index contributed by atoms with van der Waals surface area (Å²) in [4.78, 5) is 24.2. The van der Waals surface area contributed by atoms with E-state index in [1.54, 1.807) is 29.3 Å². The third-order valence-corrected chi connectivity index (χ3v) is 6.86. The molecule has 7 heteroatoms. The van der Waals surface area contributed by atoms with E-state index in [0.717, 1.165) is 23.1 Å². The van der Waals surface area contributed by atoms with Gasteiger partial charge in [0.1, 0.15) is 0 Å². The smallest absolute Gasteiger partial charge is 0.242 e. The number of anilines is 1. The van der Waals surface area contributed by atoms with Crippen molar-refractivity contribution in [3.05, 3.63) is 24.0 Å². The summed E-state index contributed by atoms with van der Waals surface area (Å²) < 4.78 is 2.22. The van der Waals surface area contributed by atoms with Gasteiger partial charge in [-0.2, -0.15) is 0 Å². The molecule has 25 heavy (non-hydrogen) atoms. The van der Waals surface area contributed by atoms with Gasteiger partial charge in [-0.1, -0.05) is 31.0 Å². The summed E-state index contributed by atoms with van der Waals surface area (Å²) in [6, 6.07) is 0.874. The SMILES string of the molecule is CC(Sc1nccn1C1CC1)C(=O)N(c1nccs1)C1CCCCC1. The van der Waals surface area contributed by atoms with Crippen LogP contribution in [0, 0.1) is 0 Å². The first-order valence-electron chi connectivity index (χ1n) is 9.16. The summed E-state index contributed by atoms with van der Waals surface area (Å²) in [7, 11) is 0. The quantitative estimate of drug-likeness (QED) is 0.696. The Bertz CT molecular complexity index is 704. The lowest BCUT2D eigenvalue weighted by Gasteiger charge is -2.34. The van der Waals surface area contributed by atoms with E-state index >= 15 is 0 Å². The highest BCUT2D eigenvalue weighted by molar-refractivity contribution is 8.00. The lowest BCUT2D eigenvalue weighted by Crippen LogP contribution is -2.45. The largest absolute Gasteiger partial charge is 0.323 e. The molecule has 1 unspecified atom stereocenters. The Kier molecular flexibility index (Phi) is 5.12. The van der Waals surface area contributed by atoms with E-state index < -0.39 is 0 Å². The van der Waals surface area contributed by atoms with Gasteiger partial charge in [-0.3, -0.25) is 9.69 Å². The van der Waals surface area contributed by atoms with Crippen molar-refractivity contribution >= 4 is 34.1 Å². The van der Waals surface area contributed by atoms with Gasteiger partial charge in [-0.25, -0.2) is 9.97 Å². The zero-order chi connectivity index (χ0) is 17.2. The van der Waals surface area contributed by atoms with E-state index in [1.807, 2.05) is 29.6 Å². The molecule has 2 aromatic heterocycles. The van der Waals surface area contributed by atoms with E-state index in [4.69, 9.17) is 0 Å². The van der Waals surface area contributed by atoms with Crippen LogP contribution in [-0.2, 0) is 4.79 Å². The Morgan fingerprint density at radius 2 is 2.04 bits per heavy atom. The molecule has 0 saturated heterocycles. The maximum atomic E-state index is 13.3. The van der Waals surface area contributed by atoms with Crippen LogP contribution in [0.1, 0.15) is 57.9 Å². The minimum absolute atomic E-state index is 0.161. The van der Waals surface area contributed by atoms with Crippen molar-refractivity contribution in [2.75, 3.05) is 4.90 Å². The average Bonchev–Trinajstić information content (AvgIpc) is 3.14. The number of carbonyl (C=O) groups is 1.